The topological polar surface area (TPSA) is 105 Å². The van der Waals surface area contributed by atoms with Gasteiger partial charge in [-0.1, -0.05) is 23.8 Å². The summed E-state index contributed by atoms with van der Waals surface area (Å²) in [6.45, 7) is 4.75. The lowest BCUT2D eigenvalue weighted by Gasteiger charge is -2.18. The number of hydrogen-bond donors (Lipinski definition) is 1. The van der Waals surface area contributed by atoms with E-state index in [1.807, 2.05) is 44.2 Å². The van der Waals surface area contributed by atoms with E-state index in [0.717, 1.165) is 33.5 Å². The van der Waals surface area contributed by atoms with Crippen molar-refractivity contribution >= 4 is 17.6 Å². The van der Waals surface area contributed by atoms with Crippen molar-refractivity contribution in [2.24, 2.45) is 0 Å². The Morgan fingerprint density at radius 3 is 2.58 bits per heavy atom. The predicted octanol–water partition coefficient (Wildman–Crippen LogP) is 4.23. The van der Waals surface area contributed by atoms with Crippen molar-refractivity contribution in [3.8, 4) is 11.5 Å². The minimum atomic E-state index is -0.377. The molecule has 1 aliphatic heterocycles. The Labute approximate surface area is 210 Å². The number of carbonyl (C=O) groups excluding carboxylic acids is 2. The average molecular weight is 491 g/mol. The fourth-order valence-corrected chi connectivity index (χ4v) is 4.34. The molecule has 36 heavy (non-hydrogen) atoms. The molecule has 9 nitrogen and oxygen atoms in total. The summed E-state index contributed by atoms with van der Waals surface area (Å²) in [5.74, 6) is 0.748. The number of cyclic esters (lactones) is 1. The molecule has 0 aliphatic carbocycles. The van der Waals surface area contributed by atoms with E-state index >= 15 is 0 Å². The van der Waals surface area contributed by atoms with Crippen LogP contribution in [0.5, 0.6) is 11.5 Å². The standard InChI is InChI=1S/C27H30N4O5/c1-17(5-11-21-25(34-3)18(2)22-14-36-27(33)24(22)26(21)35-4)6-12-23(32)30-20-9-7-19(8-10-20)13-31-16-28-15-29-31/h5,7-10,15-16H,6,11-14H2,1-4H3,(H,30,32)/b17-5+. The number of rotatable bonds is 10. The first-order chi connectivity index (χ1) is 17.4. The quantitative estimate of drug-likeness (QED) is 0.335. The molecule has 2 heterocycles. The lowest BCUT2D eigenvalue weighted by atomic mass is 9.94. The fraction of sp³-hybridized carbons (Fsp3) is 0.333. The monoisotopic (exact) mass is 490 g/mol. The highest BCUT2D eigenvalue weighted by atomic mass is 16.5. The molecule has 0 saturated heterocycles. The predicted molar refractivity (Wildman–Crippen MR) is 134 cm³/mol. The highest BCUT2D eigenvalue weighted by Crippen LogP contribution is 2.42. The van der Waals surface area contributed by atoms with Crippen LogP contribution in [0.25, 0.3) is 0 Å². The SMILES string of the molecule is COc1c(C)c2c(c(OC)c1C/C=C(\C)CCC(=O)Nc1ccc(Cn3cncn3)cc1)C(=O)OC2. The molecule has 4 rings (SSSR count). The molecule has 188 valence electrons. The van der Waals surface area contributed by atoms with Crippen LogP contribution < -0.4 is 14.8 Å². The molecule has 0 fully saturated rings. The fourth-order valence-electron chi connectivity index (χ4n) is 4.34. The molecular weight excluding hydrogens is 460 g/mol. The van der Waals surface area contributed by atoms with Gasteiger partial charge in [0.25, 0.3) is 0 Å². The number of nitrogens with one attached hydrogen (secondary N) is 1. The highest BCUT2D eigenvalue weighted by molar-refractivity contribution is 5.98. The molecule has 1 aliphatic rings. The number of benzene rings is 2. The van der Waals surface area contributed by atoms with Crippen molar-refractivity contribution in [2.75, 3.05) is 19.5 Å². The van der Waals surface area contributed by atoms with Crippen molar-refractivity contribution in [1.82, 2.24) is 14.8 Å². The Bertz CT molecular complexity index is 1280. The third-order valence-corrected chi connectivity index (χ3v) is 6.28. The molecule has 0 spiro atoms. The van der Waals surface area contributed by atoms with Gasteiger partial charge in [0.2, 0.25) is 5.91 Å². The number of carbonyl (C=O) groups is 2. The lowest BCUT2D eigenvalue weighted by Crippen LogP contribution is -2.11. The zero-order valence-corrected chi connectivity index (χ0v) is 21.0. The second-order valence-electron chi connectivity index (χ2n) is 8.69. The van der Waals surface area contributed by atoms with Crippen LogP contribution in [-0.4, -0.2) is 40.9 Å². The van der Waals surface area contributed by atoms with Gasteiger partial charge in [0, 0.05) is 23.2 Å². The number of anilines is 1. The maximum absolute atomic E-state index is 12.5. The first kappa shape index (κ1) is 25.0. The normalized spacial score (nSPS) is 12.8. The number of esters is 1. The molecular formula is C27H30N4O5. The smallest absolute Gasteiger partial charge is 0.342 e. The van der Waals surface area contributed by atoms with E-state index in [9.17, 15) is 9.59 Å². The lowest BCUT2D eigenvalue weighted by molar-refractivity contribution is -0.116. The van der Waals surface area contributed by atoms with Crippen LogP contribution in [0.15, 0.2) is 48.6 Å². The van der Waals surface area contributed by atoms with E-state index in [-0.39, 0.29) is 18.5 Å². The van der Waals surface area contributed by atoms with E-state index in [1.54, 1.807) is 25.2 Å². The van der Waals surface area contributed by atoms with Crippen LogP contribution in [0.2, 0.25) is 0 Å². The van der Waals surface area contributed by atoms with E-state index in [0.29, 0.717) is 42.9 Å². The summed E-state index contributed by atoms with van der Waals surface area (Å²) in [6, 6.07) is 7.68. The van der Waals surface area contributed by atoms with Gasteiger partial charge in [-0.05, 0) is 49.9 Å². The molecule has 1 N–H and O–H groups in total. The van der Waals surface area contributed by atoms with E-state index in [1.165, 1.54) is 6.33 Å². The van der Waals surface area contributed by atoms with Crippen LogP contribution in [0.4, 0.5) is 5.69 Å². The molecule has 9 heteroatoms. The van der Waals surface area contributed by atoms with Crippen molar-refractivity contribution in [3.63, 3.8) is 0 Å². The number of amides is 1. The van der Waals surface area contributed by atoms with Crippen molar-refractivity contribution in [1.29, 1.82) is 0 Å². The van der Waals surface area contributed by atoms with Gasteiger partial charge in [0.1, 0.15) is 36.3 Å². The molecule has 0 bridgehead atoms. The maximum atomic E-state index is 12.5. The third kappa shape index (κ3) is 5.40. The number of fused-ring (bicyclic) bond motifs is 1. The summed E-state index contributed by atoms with van der Waals surface area (Å²) in [4.78, 5) is 28.7. The summed E-state index contributed by atoms with van der Waals surface area (Å²) in [5.41, 5.74) is 5.83. The van der Waals surface area contributed by atoms with E-state index in [2.05, 4.69) is 15.4 Å². The van der Waals surface area contributed by atoms with Gasteiger partial charge in [-0.3, -0.25) is 4.79 Å². The maximum Gasteiger partial charge on any atom is 0.342 e. The molecule has 3 aromatic rings. The van der Waals surface area contributed by atoms with E-state index in [4.69, 9.17) is 14.2 Å². The Morgan fingerprint density at radius 2 is 1.92 bits per heavy atom. The van der Waals surface area contributed by atoms with Gasteiger partial charge in [-0.25, -0.2) is 14.5 Å². The van der Waals surface area contributed by atoms with Gasteiger partial charge in [-0.2, -0.15) is 5.10 Å². The zero-order valence-electron chi connectivity index (χ0n) is 21.0. The van der Waals surface area contributed by atoms with Crippen LogP contribution in [0, 0.1) is 6.92 Å². The second-order valence-corrected chi connectivity index (χ2v) is 8.69. The van der Waals surface area contributed by atoms with Crippen molar-refractivity contribution in [3.05, 3.63) is 76.4 Å². The van der Waals surface area contributed by atoms with E-state index < -0.39 is 0 Å². The summed E-state index contributed by atoms with van der Waals surface area (Å²) in [6.07, 6.45) is 6.67. The Hall–Kier alpha value is -4.14. The zero-order chi connectivity index (χ0) is 25.7. The van der Waals surface area contributed by atoms with Gasteiger partial charge in [0.05, 0.1) is 20.8 Å². The van der Waals surface area contributed by atoms with Crippen molar-refractivity contribution in [2.45, 2.75) is 46.3 Å². The molecule has 0 unspecified atom stereocenters. The Kier molecular flexibility index (Phi) is 7.68. The summed E-state index contributed by atoms with van der Waals surface area (Å²) >= 11 is 0. The molecule has 1 amide bonds. The van der Waals surface area contributed by atoms with Gasteiger partial charge >= 0.3 is 5.97 Å². The van der Waals surface area contributed by atoms with Gasteiger partial charge < -0.3 is 19.5 Å². The number of allylic oxidation sites excluding steroid dienone is 2. The summed E-state index contributed by atoms with van der Waals surface area (Å²) in [5, 5.41) is 7.04. The highest BCUT2D eigenvalue weighted by Gasteiger charge is 2.32. The molecule has 0 atom stereocenters. The number of hydrogen-bond acceptors (Lipinski definition) is 7. The minimum Gasteiger partial charge on any atom is -0.496 e. The van der Waals surface area contributed by atoms with Crippen LogP contribution in [-0.2, 0) is 29.1 Å². The molecule has 0 radical (unpaired) electrons. The second kappa shape index (κ2) is 11.1. The Morgan fingerprint density at radius 1 is 1.17 bits per heavy atom. The molecule has 1 aromatic heterocycles. The average Bonchev–Trinajstić information content (AvgIpc) is 3.53. The summed E-state index contributed by atoms with van der Waals surface area (Å²) < 4.78 is 18.2. The van der Waals surface area contributed by atoms with Gasteiger partial charge in [0.15, 0.2) is 0 Å². The summed E-state index contributed by atoms with van der Waals surface area (Å²) in [7, 11) is 3.15. The van der Waals surface area contributed by atoms with Gasteiger partial charge in [-0.15, -0.1) is 0 Å². The first-order valence-corrected chi connectivity index (χ1v) is 11.7. The van der Waals surface area contributed by atoms with Crippen molar-refractivity contribution < 1.29 is 23.8 Å². The first-order valence-electron chi connectivity index (χ1n) is 11.7. The number of nitrogens with zero attached hydrogens (tertiary/aromatic N) is 3. The van der Waals surface area contributed by atoms with Crippen LogP contribution in [0.3, 0.4) is 0 Å². The minimum absolute atomic E-state index is 0.0574. The Balaban J connectivity index is 1.36. The molecule has 2 aromatic carbocycles. The number of ether oxygens (including phenoxy) is 3. The van der Waals surface area contributed by atoms with Crippen LogP contribution >= 0.6 is 0 Å². The number of methoxy groups -OCH3 is 2. The third-order valence-electron chi connectivity index (χ3n) is 6.28. The molecule has 0 saturated carbocycles. The van der Waals surface area contributed by atoms with Crippen LogP contribution in [0.1, 0.15) is 52.4 Å². The number of aromatic nitrogens is 3. The largest absolute Gasteiger partial charge is 0.496 e.